The van der Waals surface area contributed by atoms with Crippen molar-refractivity contribution in [3.63, 3.8) is 0 Å². The van der Waals surface area contributed by atoms with Crippen LogP contribution in [0.15, 0.2) is 39.9 Å². The zero-order valence-electron chi connectivity index (χ0n) is 11.4. The molecule has 22 heavy (non-hydrogen) atoms. The molecule has 0 fully saturated rings. The van der Waals surface area contributed by atoms with Gasteiger partial charge in [0.15, 0.2) is 0 Å². The normalized spacial score (nSPS) is 11.4. The monoisotopic (exact) mass is 352 g/mol. The summed E-state index contributed by atoms with van der Waals surface area (Å²) in [4.78, 5) is 0. The number of hydrogen-bond donors (Lipinski definition) is 1. The van der Waals surface area contributed by atoms with Crippen molar-refractivity contribution in [1.29, 1.82) is 0 Å². The highest BCUT2D eigenvalue weighted by Crippen LogP contribution is 2.34. The van der Waals surface area contributed by atoms with Crippen LogP contribution in [0.25, 0.3) is 11.3 Å². The van der Waals surface area contributed by atoms with Crippen LogP contribution >= 0.6 is 35.4 Å². The highest BCUT2D eigenvalue weighted by Gasteiger charge is 2.10. The van der Waals surface area contributed by atoms with E-state index >= 15 is 0 Å². The first-order valence-electron chi connectivity index (χ1n) is 6.29. The van der Waals surface area contributed by atoms with Crippen LogP contribution < -0.4 is 0 Å². The van der Waals surface area contributed by atoms with E-state index in [4.69, 9.17) is 39.8 Å². The van der Waals surface area contributed by atoms with E-state index in [2.05, 4.69) is 15.3 Å². The largest absolute Gasteiger partial charge is 0.455 e. The van der Waals surface area contributed by atoms with Crippen molar-refractivity contribution in [2.75, 3.05) is 0 Å². The molecule has 0 saturated carbocycles. The number of benzene rings is 1. The number of halogens is 2. The van der Waals surface area contributed by atoms with Gasteiger partial charge < -0.3 is 4.42 Å². The molecule has 8 heteroatoms. The van der Waals surface area contributed by atoms with Crippen LogP contribution in [0.4, 0.5) is 0 Å². The maximum Gasteiger partial charge on any atom is 0.216 e. The number of nitrogens with one attached hydrogen (secondary N) is 1. The third kappa shape index (κ3) is 2.85. The molecule has 1 aromatic carbocycles. The quantitative estimate of drug-likeness (QED) is 0.549. The molecule has 1 N–H and O–H groups in total. The first-order chi connectivity index (χ1) is 10.6. The topological polar surface area (TPSA) is 59.1 Å². The van der Waals surface area contributed by atoms with Crippen molar-refractivity contribution in [2.24, 2.45) is 5.10 Å². The van der Waals surface area contributed by atoms with E-state index in [0.29, 0.717) is 32.2 Å². The second-order valence-electron chi connectivity index (χ2n) is 4.44. The number of aryl methyl sites for hydroxylation is 1. The minimum absolute atomic E-state index is 0.415. The van der Waals surface area contributed by atoms with Gasteiger partial charge in [0.05, 0.1) is 16.3 Å². The van der Waals surface area contributed by atoms with Crippen LogP contribution in [-0.2, 0) is 0 Å². The maximum atomic E-state index is 6.18. The number of aromatic amines is 1. The lowest BCUT2D eigenvalue weighted by Gasteiger charge is -2.01. The zero-order valence-corrected chi connectivity index (χ0v) is 13.7. The van der Waals surface area contributed by atoms with E-state index in [1.54, 1.807) is 31.3 Å². The van der Waals surface area contributed by atoms with Crippen LogP contribution in [0.1, 0.15) is 11.6 Å². The minimum Gasteiger partial charge on any atom is -0.455 e. The van der Waals surface area contributed by atoms with E-state index in [1.165, 1.54) is 4.68 Å². The molecule has 2 aromatic heterocycles. The SMILES string of the molecule is Cc1n[nH]c(=S)n1/N=C\c1ccc(-c2cccc(Cl)c2Cl)o1. The molecule has 0 spiro atoms. The van der Waals surface area contributed by atoms with E-state index in [1.807, 2.05) is 12.1 Å². The molecule has 0 saturated heterocycles. The molecular formula is C14H10Cl2N4OS. The zero-order chi connectivity index (χ0) is 15.7. The highest BCUT2D eigenvalue weighted by atomic mass is 35.5. The number of rotatable bonds is 3. The Hall–Kier alpha value is -1.89. The second kappa shape index (κ2) is 6.08. The van der Waals surface area contributed by atoms with Gasteiger partial charge in [-0.25, -0.2) is 0 Å². The summed E-state index contributed by atoms with van der Waals surface area (Å²) in [6.45, 7) is 1.79. The molecule has 0 aliphatic carbocycles. The second-order valence-corrected chi connectivity index (χ2v) is 5.61. The van der Waals surface area contributed by atoms with Gasteiger partial charge in [0.1, 0.15) is 17.3 Å². The van der Waals surface area contributed by atoms with E-state index in [-0.39, 0.29) is 0 Å². The van der Waals surface area contributed by atoms with Gasteiger partial charge in [-0.1, -0.05) is 29.3 Å². The molecule has 0 atom stereocenters. The molecule has 2 heterocycles. The lowest BCUT2D eigenvalue weighted by atomic mass is 10.2. The fraction of sp³-hybridized carbons (Fsp3) is 0.0714. The standard InChI is InChI=1S/C14H10Cl2N4OS/c1-8-18-19-14(22)20(8)17-7-9-5-6-12(21-9)10-3-2-4-11(15)13(10)16/h2-7H,1H3,(H,19,22)/b17-7-. The lowest BCUT2D eigenvalue weighted by Crippen LogP contribution is -1.92. The van der Waals surface area contributed by atoms with Crippen molar-refractivity contribution < 1.29 is 4.42 Å². The fourth-order valence-electron chi connectivity index (χ4n) is 1.88. The molecule has 3 rings (SSSR count). The summed E-state index contributed by atoms with van der Waals surface area (Å²) in [6, 6.07) is 8.97. The number of aromatic nitrogens is 3. The summed E-state index contributed by atoms with van der Waals surface area (Å²) in [5, 5.41) is 11.8. The van der Waals surface area contributed by atoms with Gasteiger partial charge in [0.2, 0.25) is 4.77 Å². The van der Waals surface area contributed by atoms with Crippen molar-refractivity contribution in [3.05, 3.63) is 56.7 Å². The van der Waals surface area contributed by atoms with Gasteiger partial charge in [-0.3, -0.25) is 5.10 Å². The van der Waals surface area contributed by atoms with Crippen LogP contribution in [0, 0.1) is 11.7 Å². The number of furan rings is 1. The first kappa shape index (κ1) is 15.0. The van der Waals surface area contributed by atoms with Crippen molar-refractivity contribution in [1.82, 2.24) is 14.9 Å². The Balaban J connectivity index is 1.92. The Kier molecular flexibility index (Phi) is 4.15. The first-order valence-corrected chi connectivity index (χ1v) is 7.45. The van der Waals surface area contributed by atoms with Crippen LogP contribution in [0.2, 0.25) is 10.0 Å². The number of hydrogen-bond acceptors (Lipinski definition) is 4. The third-order valence-electron chi connectivity index (χ3n) is 2.96. The predicted molar refractivity (Wildman–Crippen MR) is 89.3 cm³/mol. The van der Waals surface area contributed by atoms with Gasteiger partial charge in [-0.05, 0) is 43.4 Å². The summed E-state index contributed by atoms with van der Waals surface area (Å²) in [5.41, 5.74) is 0.727. The van der Waals surface area contributed by atoms with Crippen LogP contribution in [0.3, 0.4) is 0 Å². The molecule has 3 aromatic rings. The van der Waals surface area contributed by atoms with Crippen molar-refractivity contribution >= 4 is 41.6 Å². The summed E-state index contributed by atoms with van der Waals surface area (Å²) < 4.78 is 7.63. The number of H-pyrrole nitrogens is 1. The molecule has 5 nitrogen and oxygen atoms in total. The predicted octanol–water partition coefficient (Wildman–Crippen LogP) is 4.70. The molecule has 0 aliphatic heterocycles. The highest BCUT2D eigenvalue weighted by molar-refractivity contribution is 7.71. The molecule has 0 amide bonds. The lowest BCUT2D eigenvalue weighted by molar-refractivity contribution is 0.574. The Morgan fingerprint density at radius 2 is 2.14 bits per heavy atom. The molecular weight excluding hydrogens is 343 g/mol. The van der Waals surface area contributed by atoms with Gasteiger partial charge in [0.25, 0.3) is 0 Å². The van der Waals surface area contributed by atoms with Crippen molar-refractivity contribution in [2.45, 2.75) is 6.92 Å². The molecule has 0 radical (unpaired) electrons. The van der Waals surface area contributed by atoms with Gasteiger partial charge in [-0.15, -0.1) is 0 Å². The molecule has 0 aliphatic rings. The van der Waals surface area contributed by atoms with Gasteiger partial charge >= 0.3 is 0 Å². The smallest absolute Gasteiger partial charge is 0.216 e. The van der Waals surface area contributed by atoms with E-state index in [9.17, 15) is 0 Å². The average Bonchev–Trinajstić information content (AvgIpc) is 3.08. The third-order valence-corrected chi connectivity index (χ3v) is 4.04. The van der Waals surface area contributed by atoms with Gasteiger partial charge in [0, 0.05) is 5.56 Å². The molecule has 0 unspecified atom stereocenters. The number of nitrogens with zero attached hydrogens (tertiary/aromatic N) is 3. The fourth-order valence-corrected chi connectivity index (χ4v) is 2.50. The van der Waals surface area contributed by atoms with E-state index in [0.717, 1.165) is 5.56 Å². The average molecular weight is 353 g/mol. The summed E-state index contributed by atoms with van der Waals surface area (Å²) in [5.74, 6) is 1.83. The minimum atomic E-state index is 0.415. The van der Waals surface area contributed by atoms with Crippen LogP contribution in [0.5, 0.6) is 0 Å². The Bertz CT molecular complexity index is 910. The molecule has 112 valence electrons. The van der Waals surface area contributed by atoms with Crippen molar-refractivity contribution in [3.8, 4) is 11.3 Å². The maximum absolute atomic E-state index is 6.18. The summed E-state index contributed by atoms with van der Waals surface area (Å²) >= 11 is 17.3. The Morgan fingerprint density at radius 1 is 1.32 bits per heavy atom. The van der Waals surface area contributed by atoms with Gasteiger partial charge in [-0.2, -0.15) is 14.9 Å². The summed E-state index contributed by atoms with van der Waals surface area (Å²) in [7, 11) is 0. The summed E-state index contributed by atoms with van der Waals surface area (Å²) in [6.07, 6.45) is 1.56. The Labute approximate surface area is 141 Å². The Morgan fingerprint density at radius 3 is 2.86 bits per heavy atom. The van der Waals surface area contributed by atoms with Crippen LogP contribution in [-0.4, -0.2) is 21.1 Å². The van der Waals surface area contributed by atoms with E-state index < -0.39 is 0 Å². The molecule has 0 bridgehead atoms.